The predicted molar refractivity (Wildman–Crippen MR) is 101 cm³/mol. The Morgan fingerprint density at radius 2 is 1.38 bits per heavy atom. The predicted octanol–water partition coefficient (Wildman–Crippen LogP) is 4.73. The van der Waals surface area contributed by atoms with E-state index in [9.17, 15) is 19.3 Å². The molecular weight excluding hydrogens is 350 g/mol. The molecule has 0 fully saturated rings. The molecule has 2 aromatic rings. The summed E-state index contributed by atoms with van der Waals surface area (Å²) in [4.78, 5) is 47.9. The standard InChI is InChI=1S/C20H19NO4S/c1-3-17(21-25)19(23)13-5-9-15(10-6-13)26-16-11-7-14(8-12-16)20(24)18(22)4-2/h5-12,17H,3-4H2,1-2H3. The second-order valence-corrected chi connectivity index (χ2v) is 6.80. The number of rotatable bonds is 9. The van der Waals surface area contributed by atoms with E-state index in [1.54, 1.807) is 62.4 Å². The maximum atomic E-state index is 12.1. The fraction of sp³-hybridized carbons (Fsp3) is 0.250. The van der Waals surface area contributed by atoms with Crippen LogP contribution in [0.2, 0.25) is 0 Å². The van der Waals surface area contributed by atoms with Gasteiger partial charge in [0.2, 0.25) is 11.6 Å². The Morgan fingerprint density at radius 1 is 0.885 bits per heavy atom. The summed E-state index contributed by atoms with van der Waals surface area (Å²) in [6.45, 7) is 3.41. The number of nitroso groups, excluding NO2 is 1. The maximum Gasteiger partial charge on any atom is 0.228 e. The van der Waals surface area contributed by atoms with E-state index in [-0.39, 0.29) is 12.2 Å². The smallest absolute Gasteiger partial charge is 0.228 e. The second kappa shape index (κ2) is 9.20. The topological polar surface area (TPSA) is 80.6 Å². The minimum atomic E-state index is -0.843. The number of ketones is 3. The summed E-state index contributed by atoms with van der Waals surface area (Å²) >= 11 is 1.47. The van der Waals surface area contributed by atoms with Crippen LogP contribution in [0.3, 0.4) is 0 Å². The van der Waals surface area contributed by atoms with Gasteiger partial charge in [-0.2, -0.15) is 4.91 Å². The van der Waals surface area contributed by atoms with E-state index in [0.717, 1.165) is 9.79 Å². The number of Topliss-reactive ketones (excluding diaryl/α,β-unsaturated/α-hetero) is 3. The van der Waals surface area contributed by atoms with Gasteiger partial charge in [0.25, 0.3) is 0 Å². The molecule has 1 atom stereocenters. The molecule has 0 N–H and O–H groups in total. The SMILES string of the molecule is CCC(=O)C(=O)c1ccc(Sc2ccc(C(=O)C(CC)N=O)cc2)cc1. The van der Waals surface area contributed by atoms with Gasteiger partial charge in [-0.05, 0) is 42.8 Å². The normalized spacial score (nSPS) is 11.6. The van der Waals surface area contributed by atoms with E-state index in [2.05, 4.69) is 5.18 Å². The fourth-order valence-corrected chi connectivity index (χ4v) is 3.14. The van der Waals surface area contributed by atoms with Crippen molar-refractivity contribution < 1.29 is 14.4 Å². The summed E-state index contributed by atoms with van der Waals surface area (Å²) in [6, 6.07) is 12.9. The first kappa shape index (κ1) is 19.7. The Kier molecular flexibility index (Phi) is 6.97. The van der Waals surface area contributed by atoms with E-state index >= 15 is 0 Å². The molecule has 2 aromatic carbocycles. The second-order valence-electron chi connectivity index (χ2n) is 5.65. The van der Waals surface area contributed by atoms with Gasteiger partial charge in [-0.15, -0.1) is 0 Å². The van der Waals surface area contributed by atoms with Gasteiger partial charge in [0.1, 0.15) is 0 Å². The summed E-state index contributed by atoms with van der Waals surface area (Å²) in [6.07, 6.45) is 0.573. The molecule has 26 heavy (non-hydrogen) atoms. The van der Waals surface area contributed by atoms with Crippen molar-refractivity contribution in [1.82, 2.24) is 0 Å². The Labute approximate surface area is 156 Å². The third-order valence-corrected chi connectivity index (χ3v) is 4.90. The first-order valence-corrected chi connectivity index (χ1v) is 9.14. The Bertz CT molecular complexity index is 813. The largest absolute Gasteiger partial charge is 0.292 e. The van der Waals surface area contributed by atoms with Gasteiger partial charge in [-0.25, -0.2) is 0 Å². The molecule has 0 saturated heterocycles. The first-order valence-electron chi connectivity index (χ1n) is 8.32. The van der Waals surface area contributed by atoms with Crippen LogP contribution < -0.4 is 0 Å². The van der Waals surface area contributed by atoms with Crippen LogP contribution in [0.1, 0.15) is 47.4 Å². The van der Waals surface area contributed by atoms with Crippen molar-refractivity contribution >= 4 is 29.1 Å². The number of carbonyl (C=O) groups is 3. The minimum absolute atomic E-state index is 0.193. The van der Waals surface area contributed by atoms with Crippen molar-refractivity contribution in [1.29, 1.82) is 0 Å². The lowest BCUT2D eigenvalue weighted by Gasteiger charge is -2.07. The Balaban J connectivity index is 2.07. The van der Waals surface area contributed by atoms with Crippen LogP contribution in [-0.4, -0.2) is 23.4 Å². The van der Waals surface area contributed by atoms with E-state index in [1.807, 2.05) is 0 Å². The lowest BCUT2D eigenvalue weighted by atomic mass is 10.0. The monoisotopic (exact) mass is 369 g/mol. The third-order valence-electron chi connectivity index (χ3n) is 3.88. The zero-order valence-corrected chi connectivity index (χ0v) is 15.4. The maximum absolute atomic E-state index is 12.1. The fourth-order valence-electron chi connectivity index (χ4n) is 2.32. The summed E-state index contributed by atoms with van der Waals surface area (Å²) < 4.78 is 0. The van der Waals surface area contributed by atoms with Crippen LogP contribution in [0.25, 0.3) is 0 Å². The molecule has 1 unspecified atom stereocenters. The zero-order valence-electron chi connectivity index (χ0n) is 14.6. The van der Waals surface area contributed by atoms with Gasteiger partial charge < -0.3 is 0 Å². The number of carbonyl (C=O) groups excluding carboxylic acids is 3. The van der Waals surface area contributed by atoms with Gasteiger partial charge in [-0.3, -0.25) is 14.4 Å². The quantitative estimate of drug-likeness (QED) is 0.363. The molecule has 0 aliphatic rings. The molecule has 0 heterocycles. The zero-order chi connectivity index (χ0) is 19.1. The molecule has 0 radical (unpaired) electrons. The highest BCUT2D eigenvalue weighted by Crippen LogP contribution is 2.28. The minimum Gasteiger partial charge on any atom is -0.292 e. The van der Waals surface area contributed by atoms with Crippen LogP contribution in [-0.2, 0) is 4.79 Å². The van der Waals surface area contributed by atoms with Crippen molar-refractivity contribution in [2.45, 2.75) is 42.5 Å². The van der Waals surface area contributed by atoms with E-state index in [1.165, 1.54) is 11.8 Å². The molecule has 0 aliphatic heterocycles. The van der Waals surface area contributed by atoms with Crippen molar-refractivity contribution in [3.8, 4) is 0 Å². The van der Waals surface area contributed by atoms with Crippen LogP contribution >= 0.6 is 11.8 Å². The molecule has 2 rings (SSSR count). The molecule has 6 heteroatoms. The molecular formula is C20H19NO4S. The molecule has 0 saturated carbocycles. The van der Waals surface area contributed by atoms with E-state index in [4.69, 9.17) is 0 Å². The van der Waals surface area contributed by atoms with Crippen molar-refractivity contribution in [2.75, 3.05) is 0 Å². The Hall–Kier alpha value is -2.60. The van der Waals surface area contributed by atoms with Gasteiger partial charge in [0.15, 0.2) is 11.8 Å². The molecule has 0 amide bonds. The highest BCUT2D eigenvalue weighted by Gasteiger charge is 2.18. The molecule has 5 nitrogen and oxygen atoms in total. The van der Waals surface area contributed by atoms with Gasteiger partial charge in [0, 0.05) is 27.3 Å². The van der Waals surface area contributed by atoms with E-state index in [0.29, 0.717) is 17.5 Å². The van der Waals surface area contributed by atoms with Crippen molar-refractivity contribution in [3.05, 3.63) is 64.6 Å². The van der Waals surface area contributed by atoms with Gasteiger partial charge in [0.05, 0.1) is 0 Å². The lowest BCUT2D eigenvalue weighted by molar-refractivity contribution is -0.114. The summed E-state index contributed by atoms with van der Waals surface area (Å²) in [7, 11) is 0. The number of benzene rings is 2. The van der Waals surface area contributed by atoms with Crippen LogP contribution in [0, 0.1) is 4.91 Å². The number of hydrogen-bond acceptors (Lipinski definition) is 6. The van der Waals surface area contributed by atoms with Crippen LogP contribution in [0.15, 0.2) is 63.5 Å². The summed E-state index contributed by atoms with van der Waals surface area (Å²) in [5.74, 6) is -1.15. The van der Waals surface area contributed by atoms with Crippen molar-refractivity contribution in [2.24, 2.45) is 5.18 Å². The highest BCUT2D eigenvalue weighted by molar-refractivity contribution is 7.99. The molecule has 0 aromatic heterocycles. The van der Waals surface area contributed by atoms with E-state index < -0.39 is 17.6 Å². The van der Waals surface area contributed by atoms with Crippen LogP contribution in [0.5, 0.6) is 0 Å². The highest BCUT2D eigenvalue weighted by atomic mass is 32.2. The summed E-state index contributed by atoms with van der Waals surface area (Å²) in [5.41, 5.74) is 0.842. The Morgan fingerprint density at radius 3 is 1.81 bits per heavy atom. The number of hydrogen-bond donors (Lipinski definition) is 0. The molecule has 0 spiro atoms. The molecule has 0 aliphatic carbocycles. The average Bonchev–Trinajstić information content (AvgIpc) is 2.68. The average molecular weight is 369 g/mol. The third kappa shape index (κ3) is 4.73. The molecule has 0 bridgehead atoms. The summed E-state index contributed by atoms with van der Waals surface area (Å²) in [5, 5.41) is 2.86. The van der Waals surface area contributed by atoms with Crippen LogP contribution in [0.4, 0.5) is 0 Å². The van der Waals surface area contributed by atoms with Gasteiger partial charge >= 0.3 is 0 Å². The first-order chi connectivity index (χ1) is 12.5. The van der Waals surface area contributed by atoms with Gasteiger partial charge in [-0.1, -0.05) is 42.9 Å². The van der Waals surface area contributed by atoms with Crippen molar-refractivity contribution in [3.63, 3.8) is 0 Å². The lowest BCUT2D eigenvalue weighted by Crippen LogP contribution is -2.16. The molecule has 134 valence electrons. The number of nitrogens with zero attached hydrogens (tertiary/aromatic N) is 1.